The van der Waals surface area contributed by atoms with E-state index < -0.39 is 0 Å². The molecule has 86 valence electrons. The fraction of sp³-hybridized carbons (Fsp3) is 0.0833. The monoisotopic (exact) mass is 262 g/mol. The van der Waals surface area contributed by atoms with Crippen LogP contribution in [0, 0.1) is 6.92 Å². The molecule has 3 nitrogen and oxygen atoms in total. The average molecular weight is 262 g/mol. The minimum atomic E-state index is 0.384. The Balaban J connectivity index is 2.23. The minimum absolute atomic E-state index is 0.384. The number of hydrogen-bond acceptors (Lipinski definition) is 5. The van der Waals surface area contributed by atoms with Crippen LogP contribution in [0.4, 0.5) is 5.88 Å². The third kappa shape index (κ3) is 1.67. The maximum absolute atomic E-state index is 5.87. The molecule has 0 aliphatic heterocycles. The zero-order chi connectivity index (χ0) is 11.8. The van der Waals surface area contributed by atoms with E-state index in [1.807, 2.05) is 22.9 Å². The number of hydrogen-bond donors (Lipinski definition) is 1. The molecule has 3 rings (SSSR count). The predicted octanol–water partition coefficient (Wildman–Crippen LogP) is 4.02. The number of thiophene rings is 2. The van der Waals surface area contributed by atoms with Gasteiger partial charge in [-0.25, -0.2) is 0 Å². The topological polar surface area (TPSA) is 52.0 Å². The molecule has 0 aliphatic carbocycles. The van der Waals surface area contributed by atoms with Crippen LogP contribution in [0.2, 0.25) is 0 Å². The first kappa shape index (κ1) is 10.6. The fourth-order valence-electron chi connectivity index (χ4n) is 1.73. The lowest BCUT2D eigenvalue weighted by atomic mass is 10.1. The Morgan fingerprint density at radius 3 is 2.76 bits per heavy atom. The molecule has 0 saturated carbocycles. The van der Waals surface area contributed by atoms with Gasteiger partial charge in [0.15, 0.2) is 0 Å². The van der Waals surface area contributed by atoms with Gasteiger partial charge in [0, 0.05) is 4.88 Å². The van der Waals surface area contributed by atoms with E-state index in [4.69, 9.17) is 10.3 Å². The Morgan fingerprint density at radius 2 is 2.12 bits per heavy atom. The van der Waals surface area contributed by atoms with Crippen molar-refractivity contribution in [3.05, 3.63) is 34.5 Å². The van der Waals surface area contributed by atoms with Gasteiger partial charge in [-0.15, -0.1) is 22.7 Å². The predicted molar refractivity (Wildman–Crippen MR) is 72.3 cm³/mol. The second-order valence-corrected chi connectivity index (χ2v) is 5.54. The van der Waals surface area contributed by atoms with Crippen molar-refractivity contribution in [2.45, 2.75) is 6.92 Å². The van der Waals surface area contributed by atoms with Crippen LogP contribution in [-0.2, 0) is 0 Å². The van der Waals surface area contributed by atoms with Crippen LogP contribution in [0.15, 0.2) is 33.5 Å². The lowest BCUT2D eigenvalue weighted by Gasteiger charge is -1.98. The van der Waals surface area contributed by atoms with E-state index in [2.05, 4.69) is 18.1 Å². The molecule has 0 unspecified atom stereocenters. The highest BCUT2D eigenvalue weighted by atomic mass is 32.1. The molecule has 3 aromatic heterocycles. The highest BCUT2D eigenvalue weighted by Crippen LogP contribution is 2.41. The van der Waals surface area contributed by atoms with E-state index in [0.717, 1.165) is 21.0 Å². The number of aryl methyl sites for hydroxylation is 1. The second kappa shape index (κ2) is 4.01. The lowest BCUT2D eigenvalue weighted by molar-refractivity contribution is 0.439. The van der Waals surface area contributed by atoms with Crippen molar-refractivity contribution in [3.8, 4) is 21.0 Å². The molecule has 17 heavy (non-hydrogen) atoms. The van der Waals surface area contributed by atoms with E-state index in [-0.39, 0.29) is 0 Å². The Labute approximate surface area is 106 Å². The molecule has 0 spiro atoms. The summed E-state index contributed by atoms with van der Waals surface area (Å²) in [7, 11) is 0. The lowest BCUT2D eigenvalue weighted by Crippen LogP contribution is -1.85. The number of nitrogens with two attached hydrogens (primary N) is 1. The van der Waals surface area contributed by atoms with Gasteiger partial charge in [0.2, 0.25) is 5.88 Å². The Bertz CT molecular complexity index is 637. The molecule has 0 bridgehead atoms. The molecule has 0 saturated heterocycles. The van der Waals surface area contributed by atoms with Crippen molar-refractivity contribution in [2.75, 3.05) is 5.73 Å². The van der Waals surface area contributed by atoms with Crippen molar-refractivity contribution in [1.29, 1.82) is 0 Å². The number of aromatic nitrogens is 1. The summed E-state index contributed by atoms with van der Waals surface area (Å²) in [6, 6.07) is 6.10. The van der Waals surface area contributed by atoms with Crippen LogP contribution in [0.3, 0.4) is 0 Å². The largest absolute Gasteiger partial charge is 0.367 e. The molecule has 5 heteroatoms. The number of rotatable bonds is 2. The van der Waals surface area contributed by atoms with E-state index in [1.165, 1.54) is 5.56 Å². The molecule has 2 N–H and O–H groups in total. The minimum Gasteiger partial charge on any atom is -0.367 e. The molecule has 0 aromatic carbocycles. The molecular formula is C12H10N2OS2. The molecule has 0 atom stereocenters. The fourth-order valence-corrected chi connectivity index (χ4v) is 3.42. The van der Waals surface area contributed by atoms with Gasteiger partial charge in [0.1, 0.15) is 5.69 Å². The number of nitrogens with zero attached hydrogens (tertiary/aromatic N) is 1. The van der Waals surface area contributed by atoms with Crippen LogP contribution in [0.25, 0.3) is 21.0 Å². The van der Waals surface area contributed by atoms with Gasteiger partial charge >= 0.3 is 0 Å². The SMILES string of the molecule is Cc1ccsc1-c1noc(N)c1-c1cccs1. The number of anilines is 1. The highest BCUT2D eigenvalue weighted by Gasteiger charge is 2.20. The summed E-state index contributed by atoms with van der Waals surface area (Å²) in [6.45, 7) is 2.06. The third-order valence-corrected chi connectivity index (χ3v) is 4.47. The van der Waals surface area contributed by atoms with E-state index in [1.54, 1.807) is 22.7 Å². The molecule has 0 fully saturated rings. The first-order valence-corrected chi connectivity index (χ1v) is 6.87. The van der Waals surface area contributed by atoms with Gasteiger partial charge in [-0.05, 0) is 35.4 Å². The van der Waals surface area contributed by atoms with Crippen LogP contribution in [-0.4, -0.2) is 5.16 Å². The zero-order valence-electron chi connectivity index (χ0n) is 9.14. The molecule has 0 radical (unpaired) electrons. The highest BCUT2D eigenvalue weighted by molar-refractivity contribution is 7.14. The van der Waals surface area contributed by atoms with Gasteiger partial charge < -0.3 is 10.3 Å². The van der Waals surface area contributed by atoms with Gasteiger partial charge in [0.25, 0.3) is 0 Å². The summed E-state index contributed by atoms with van der Waals surface area (Å²) in [5.41, 5.74) is 8.82. The van der Waals surface area contributed by atoms with E-state index in [9.17, 15) is 0 Å². The summed E-state index contributed by atoms with van der Waals surface area (Å²) in [4.78, 5) is 2.21. The van der Waals surface area contributed by atoms with Crippen LogP contribution in [0.5, 0.6) is 0 Å². The maximum Gasteiger partial charge on any atom is 0.231 e. The van der Waals surface area contributed by atoms with Crippen LogP contribution in [0.1, 0.15) is 5.56 Å². The standard InChI is InChI=1S/C12H10N2OS2/c1-7-4-6-17-11(7)10-9(12(13)15-14-10)8-3-2-5-16-8/h2-6H,13H2,1H3. The van der Waals surface area contributed by atoms with Crippen molar-refractivity contribution >= 4 is 28.6 Å². The first-order chi connectivity index (χ1) is 8.27. The first-order valence-electron chi connectivity index (χ1n) is 5.11. The molecule has 0 aliphatic rings. The van der Waals surface area contributed by atoms with E-state index in [0.29, 0.717) is 5.88 Å². The van der Waals surface area contributed by atoms with Crippen molar-refractivity contribution in [1.82, 2.24) is 5.16 Å². The van der Waals surface area contributed by atoms with Gasteiger partial charge in [-0.2, -0.15) is 0 Å². The quantitative estimate of drug-likeness (QED) is 0.758. The van der Waals surface area contributed by atoms with Gasteiger partial charge in [-0.1, -0.05) is 11.2 Å². The molecule has 0 amide bonds. The smallest absolute Gasteiger partial charge is 0.231 e. The Hall–Kier alpha value is -1.59. The summed E-state index contributed by atoms with van der Waals surface area (Å²) >= 11 is 3.29. The van der Waals surface area contributed by atoms with Gasteiger partial charge in [-0.3, -0.25) is 0 Å². The summed E-state index contributed by atoms with van der Waals surface area (Å²) < 4.78 is 5.14. The summed E-state index contributed by atoms with van der Waals surface area (Å²) in [5, 5.41) is 8.16. The maximum atomic E-state index is 5.87. The summed E-state index contributed by atoms with van der Waals surface area (Å²) in [5.74, 6) is 0.384. The molecule has 3 aromatic rings. The Morgan fingerprint density at radius 1 is 1.24 bits per heavy atom. The summed E-state index contributed by atoms with van der Waals surface area (Å²) in [6.07, 6.45) is 0. The normalized spacial score (nSPS) is 10.9. The van der Waals surface area contributed by atoms with Crippen molar-refractivity contribution < 1.29 is 4.52 Å². The van der Waals surface area contributed by atoms with Crippen molar-refractivity contribution in [2.24, 2.45) is 0 Å². The third-order valence-electron chi connectivity index (χ3n) is 2.56. The molecular weight excluding hydrogens is 252 g/mol. The molecule has 3 heterocycles. The van der Waals surface area contributed by atoms with E-state index >= 15 is 0 Å². The van der Waals surface area contributed by atoms with Crippen molar-refractivity contribution in [3.63, 3.8) is 0 Å². The van der Waals surface area contributed by atoms with Crippen LogP contribution >= 0.6 is 22.7 Å². The number of nitrogen functional groups attached to an aromatic ring is 1. The Kier molecular flexibility index (Phi) is 2.49. The second-order valence-electron chi connectivity index (χ2n) is 3.68. The zero-order valence-corrected chi connectivity index (χ0v) is 10.8. The van der Waals surface area contributed by atoms with Crippen LogP contribution < -0.4 is 5.73 Å². The van der Waals surface area contributed by atoms with Gasteiger partial charge in [0.05, 0.1) is 10.4 Å². The average Bonchev–Trinajstić information content (AvgIpc) is 2.98.